The molecule has 0 fully saturated rings. The number of pyridine rings is 2. The van der Waals surface area contributed by atoms with Crippen LogP contribution in [-0.4, -0.2) is 9.97 Å². The van der Waals surface area contributed by atoms with E-state index in [1.165, 1.54) is 0 Å². The maximum Gasteiger partial charge on any atom is 0.0723 e. The summed E-state index contributed by atoms with van der Waals surface area (Å²) < 4.78 is 0. The molecule has 0 bridgehead atoms. The van der Waals surface area contributed by atoms with Crippen LogP contribution in [0.25, 0.3) is 44.8 Å². The van der Waals surface area contributed by atoms with Crippen LogP contribution in [-0.2, 0) is 0 Å². The molecule has 2 aromatic heterocycles. The standard InChI is InChI=1S/C100H74N8/c1-10-38-75(39-11-1)92-60-37-61-93(76-40-12-2-13-41-76)100(92)108(91-72-86(103(77-42-14-3-15-43-77)78-44-16-4-17-45-78)69-87(73-91)104(79-46-18-5-19-47-79)80-48-20-6-21-49-80)85-57-36-56-84(68-85)105(81-50-22-7-23-51-81)88-70-89(106(82-52-24-8-25-53-82)98-64-30-28-58-94(98)96-62-32-34-66-101-96)74-90(71-88)107(83-54-26-9-27-55-83)99-65-31-29-59-95(99)97-63-33-35-67-102-97/h1-74H. The summed E-state index contributed by atoms with van der Waals surface area (Å²) in [4.78, 5) is 24.4. The largest absolute Gasteiger partial charge is 0.310 e. The molecule has 0 saturated carbocycles. The molecule has 0 aliphatic rings. The zero-order valence-corrected chi connectivity index (χ0v) is 59.3. The predicted molar refractivity (Wildman–Crippen MR) is 452 cm³/mol. The highest BCUT2D eigenvalue weighted by atomic mass is 15.2. The Bertz CT molecular complexity index is 5430. The van der Waals surface area contributed by atoms with Crippen LogP contribution in [0.1, 0.15) is 0 Å². The number of aromatic nitrogens is 2. The average molecular weight is 1390 g/mol. The number of nitrogens with zero attached hydrogens (tertiary/aromatic N) is 8. The lowest BCUT2D eigenvalue weighted by atomic mass is 9.94. The van der Waals surface area contributed by atoms with Crippen molar-refractivity contribution in [3.05, 3.63) is 449 Å². The molecule has 8 nitrogen and oxygen atoms in total. The summed E-state index contributed by atoms with van der Waals surface area (Å²) in [7, 11) is 0. The van der Waals surface area contributed by atoms with Crippen LogP contribution in [0.4, 0.5) is 102 Å². The monoisotopic (exact) mass is 1390 g/mol. The molecule has 0 aliphatic carbocycles. The number of hydrogen-bond donors (Lipinski definition) is 0. The Labute approximate surface area is 631 Å². The lowest BCUT2D eigenvalue weighted by molar-refractivity contribution is 1.21. The fourth-order valence-corrected chi connectivity index (χ4v) is 14.6. The Morgan fingerprint density at radius 1 is 0.148 bits per heavy atom. The summed E-state index contributed by atoms with van der Waals surface area (Å²) in [6, 6.07) is 156. The molecule has 108 heavy (non-hydrogen) atoms. The van der Waals surface area contributed by atoms with Crippen molar-refractivity contribution in [3.8, 4) is 44.8 Å². The van der Waals surface area contributed by atoms with Gasteiger partial charge >= 0.3 is 0 Å². The molecule has 514 valence electrons. The van der Waals surface area contributed by atoms with E-state index in [0.29, 0.717) is 0 Å². The summed E-state index contributed by atoms with van der Waals surface area (Å²) in [6.45, 7) is 0. The molecule has 0 saturated heterocycles. The van der Waals surface area contributed by atoms with Crippen molar-refractivity contribution in [1.29, 1.82) is 0 Å². The van der Waals surface area contributed by atoms with Gasteiger partial charge in [-0.15, -0.1) is 0 Å². The van der Waals surface area contributed by atoms with Gasteiger partial charge in [0, 0.05) is 85.8 Å². The maximum absolute atomic E-state index is 5.00. The molecule has 17 aromatic rings. The van der Waals surface area contributed by atoms with Gasteiger partial charge < -0.3 is 29.4 Å². The molecule has 2 heterocycles. The molecule has 0 amide bonds. The molecular weight excluding hydrogens is 1310 g/mol. The van der Waals surface area contributed by atoms with Gasteiger partial charge in [-0.3, -0.25) is 9.97 Å². The van der Waals surface area contributed by atoms with Gasteiger partial charge in [-0.2, -0.15) is 0 Å². The van der Waals surface area contributed by atoms with Crippen molar-refractivity contribution in [1.82, 2.24) is 9.97 Å². The van der Waals surface area contributed by atoms with Gasteiger partial charge in [-0.1, -0.05) is 261 Å². The number of benzene rings is 15. The first-order valence-corrected chi connectivity index (χ1v) is 36.4. The first-order chi connectivity index (χ1) is 53.6. The second-order valence-corrected chi connectivity index (χ2v) is 26.2. The summed E-state index contributed by atoms with van der Waals surface area (Å²) in [5.41, 5.74) is 25.1. The van der Waals surface area contributed by atoms with E-state index in [9.17, 15) is 0 Å². The molecule has 0 atom stereocenters. The summed E-state index contributed by atoms with van der Waals surface area (Å²) in [6.07, 6.45) is 3.74. The maximum atomic E-state index is 5.00. The highest BCUT2D eigenvalue weighted by Crippen LogP contribution is 2.54. The van der Waals surface area contributed by atoms with E-state index < -0.39 is 0 Å². The molecule has 0 aliphatic heterocycles. The van der Waals surface area contributed by atoms with E-state index in [2.05, 4.69) is 454 Å². The van der Waals surface area contributed by atoms with E-state index in [0.717, 1.165) is 147 Å². The van der Waals surface area contributed by atoms with E-state index in [4.69, 9.17) is 9.97 Å². The Kier molecular flexibility index (Phi) is 19.2. The van der Waals surface area contributed by atoms with Gasteiger partial charge in [0.25, 0.3) is 0 Å². The van der Waals surface area contributed by atoms with E-state index in [1.54, 1.807) is 0 Å². The van der Waals surface area contributed by atoms with Crippen LogP contribution in [0, 0.1) is 0 Å². The number of para-hydroxylation sites is 10. The van der Waals surface area contributed by atoms with Gasteiger partial charge in [0.05, 0.1) is 62.6 Å². The van der Waals surface area contributed by atoms with Crippen LogP contribution in [0.5, 0.6) is 0 Å². The molecule has 0 unspecified atom stereocenters. The zero-order valence-electron chi connectivity index (χ0n) is 59.3. The molecule has 8 heteroatoms. The third kappa shape index (κ3) is 13.9. The first kappa shape index (κ1) is 66.6. The summed E-state index contributed by atoms with van der Waals surface area (Å²) in [5.74, 6) is 0. The van der Waals surface area contributed by atoms with Gasteiger partial charge in [0.2, 0.25) is 0 Å². The van der Waals surface area contributed by atoms with Crippen LogP contribution in [0.15, 0.2) is 449 Å². The minimum absolute atomic E-state index is 0.857. The van der Waals surface area contributed by atoms with Gasteiger partial charge in [-0.05, 0) is 187 Å². The van der Waals surface area contributed by atoms with Crippen molar-refractivity contribution in [2.75, 3.05) is 29.4 Å². The van der Waals surface area contributed by atoms with Gasteiger partial charge in [0.15, 0.2) is 0 Å². The molecule has 0 N–H and O–H groups in total. The molecule has 0 spiro atoms. The minimum Gasteiger partial charge on any atom is -0.310 e. The quantitative estimate of drug-likeness (QED) is 0.0665. The minimum atomic E-state index is 0.857. The fraction of sp³-hybridized carbons (Fsp3) is 0. The van der Waals surface area contributed by atoms with Crippen molar-refractivity contribution < 1.29 is 0 Å². The average Bonchev–Trinajstić information content (AvgIpc) is 0.752. The number of rotatable bonds is 22. The van der Waals surface area contributed by atoms with Gasteiger partial charge in [0.1, 0.15) is 0 Å². The summed E-state index contributed by atoms with van der Waals surface area (Å²) in [5, 5.41) is 0. The SMILES string of the molecule is c1ccc(-c2cccc(-c3ccccc3)c2N(c2cccc(N(c3ccccc3)c3cc(N(c4ccccc4)c4ccccc4-c4ccccn4)cc(N(c4ccccc4)c4ccccc4-c4ccccn4)c3)c2)c2cc(N(c3ccccc3)c3ccccc3)cc(N(c3ccccc3)c3ccccc3)c2)cc1. The summed E-state index contributed by atoms with van der Waals surface area (Å²) >= 11 is 0. The second-order valence-electron chi connectivity index (χ2n) is 26.2. The molecule has 15 aromatic carbocycles. The molecule has 0 radical (unpaired) electrons. The topological polar surface area (TPSA) is 45.2 Å². The van der Waals surface area contributed by atoms with Crippen LogP contribution in [0.2, 0.25) is 0 Å². The highest BCUT2D eigenvalue weighted by molar-refractivity contribution is 6.01. The van der Waals surface area contributed by atoms with Crippen molar-refractivity contribution in [2.24, 2.45) is 0 Å². The van der Waals surface area contributed by atoms with Crippen molar-refractivity contribution in [3.63, 3.8) is 0 Å². The lowest BCUT2D eigenvalue weighted by Gasteiger charge is -2.35. The predicted octanol–water partition coefficient (Wildman–Crippen LogP) is 28.0. The second kappa shape index (κ2) is 31.2. The van der Waals surface area contributed by atoms with Crippen LogP contribution < -0.4 is 29.4 Å². The zero-order chi connectivity index (χ0) is 72.2. The first-order valence-electron chi connectivity index (χ1n) is 36.4. The Balaban J connectivity index is 0.970. The lowest BCUT2D eigenvalue weighted by Crippen LogP contribution is -2.18. The highest BCUT2D eigenvalue weighted by Gasteiger charge is 2.30. The Morgan fingerprint density at radius 3 is 0.694 bits per heavy atom. The Hall–Kier alpha value is -14.6. The van der Waals surface area contributed by atoms with E-state index >= 15 is 0 Å². The number of anilines is 18. The van der Waals surface area contributed by atoms with Crippen molar-refractivity contribution in [2.45, 2.75) is 0 Å². The molecular formula is C100H74N8. The third-order valence-electron chi connectivity index (χ3n) is 19.4. The van der Waals surface area contributed by atoms with E-state index in [1.807, 2.05) is 24.5 Å². The normalized spacial score (nSPS) is 11.0. The van der Waals surface area contributed by atoms with E-state index in [-0.39, 0.29) is 0 Å². The van der Waals surface area contributed by atoms with Crippen LogP contribution in [0.3, 0.4) is 0 Å². The van der Waals surface area contributed by atoms with Gasteiger partial charge in [-0.25, -0.2) is 0 Å². The van der Waals surface area contributed by atoms with Crippen molar-refractivity contribution >= 4 is 102 Å². The van der Waals surface area contributed by atoms with Crippen LogP contribution >= 0.6 is 0 Å². The Morgan fingerprint density at radius 2 is 0.370 bits per heavy atom. The third-order valence-corrected chi connectivity index (χ3v) is 19.4. The number of hydrogen-bond acceptors (Lipinski definition) is 8. The molecule has 17 rings (SSSR count). The smallest absolute Gasteiger partial charge is 0.0723 e. The fourth-order valence-electron chi connectivity index (χ4n) is 14.6.